The first kappa shape index (κ1) is 31.5. The van der Waals surface area contributed by atoms with Crippen LogP contribution in [0.15, 0.2) is 128 Å². The number of aromatic nitrogens is 2. The van der Waals surface area contributed by atoms with Gasteiger partial charge in [0.1, 0.15) is 17.1 Å². The van der Waals surface area contributed by atoms with Crippen molar-refractivity contribution in [2.45, 2.75) is 33.1 Å². The van der Waals surface area contributed by atoms with Crippen LogP contribution in [0.25, 0.3) is 44.4 Å². The monoisotopic (exact) mass is 803 g/mol. The zero-order chi connectivity index (χ0) is 32.3. The van der Waals surface area contributed by atoms with Crippen molar-refractivity contribution >= 4 is 28.1 Å². The van der Waals surface area contributed by atoms with Crippen molar-refractivity contribution in [1.29, 1.82) is 0 Å². The van der Waals surface area contributed by atoms with Crippen molar-refractivity contribution in [2.24, 2.45) is 0 Å². The zero-order valence-electron chi connectivity index (χ0n) is 27.2. The molecule has 238 valence electrons. The number of phenolic OH excluding ortho intramolecular Hbond substituents is 1. The van der Waals surface area contributed by atoms with Crippen molar-refractivity contribution in [3.8, 4) is 39.3 Å². The molecule has 0 bridgehead atoms. The first-order valence-electron chi connectivity index (χ1n) is 16.0. The summed E-state index contributed by atoms with van der Waals surface area (Å²) >= 11 is 0. The van der Waals surface area contributed by atoms with Crippen LogP contribution in [0.4, 0.5) is 17.2 Å². The third-order valence-electron chi connectivity index (χ3n) is 9.48. The van der Waals surface area contributed by atoms with E-state index in [4.69, 9.17) is 9.97 Å². The number of fused-ring (bicyclic) bond motifs is 3. The van der Waals surface area contributed by atoms with E-state index in [9.17, 15) is 5.11 Å². The Morgan fingerprint density at radius 1 is 0.729 bits per heavy atom. The van der Waals surface area contributed by atoms with Crippen molar-refractivity contribution in [3.05, 3.63) is 156 Å². The van der Waals surface area contributed by atoms with Gasteiger partial charge in [0.05, 0.1) is 0 Å². The summed E-state index contributed by atoms with van der Waals surface area (Å²) in [6, 6.07) is 45.8. The predicted molar refractivity (Wildman–Crippen MR) is 193 cm³/mol. The van der Waals surface area contributed by atoms with Gasteiger partial charge in [0.15, 0.2) is 0 Å². The molecule has 5 aromatic carbocycles. The van der Waals surface area contributed by atoms with Crippen molar-refractivity contribution in [2.75, 3.05) is 4.90 Å². The fourth-order valence-electron chi connectivity index (χ4n) is 7.04. The van der Waals surface area contributed by atoms with E-state index in [0.29, 0.717) is 5.52 Å². The van der Waals surface area contributed by atoms with Crippen LogP contribution in [-0.4, -0.2) is 15.1 Å². The van der Waals surface area contributed by atoms with Gasteiger partial charge in [0, 0.05) is 38.3 Å². The quantitative estimate of drug-likeness (QED) is 0.180. The molecule has 0 radical (unpaired) electrons. The minimum atomic E-state index is -0.346. The summed E-state index contributed by atoms with van der Waals surface area (Å²) in [7, 11) is 0. The molecule has 1 N–H and O–H groups in total. The molecular weight excluding hydrogens is 770 g/mol. The number of aromatic hydroxyl groups is 1. The van der Waals surface area contributed by atoms with E-state index < -0.39 is 0 Å². The molecule has 3 heterocycles. The van der Waals surface area contributed by atoms with Gasteiger partial charge in [-0.3, -0.25) is 4.98 Å². The summed E-state index contributed by atoms with van der Waals surface area (Å²) in [5.41, 5.74) is 13.1. The fourth-order valence-corrected chi connectivity index (χ4v) is 7.04. The van der Waals surface area contributed by atoms with Crippen molar-refractivity contribution in [1.82, 2.24) is 9.97 Å². The van der Waals surface area contributed by atoms with Crippen LogP contribution in [0.1, 0.15) is 36.1 Å². The van der Waals surface area contributed by atoms with Gasteiger partial charge in [-0.25, -0.2) is 4.98 Å². The molecule has 0 fully saturated rings. The van der Waals surface area contributed by atoms with Crippen LogP contribution in [0.2, 0.25) is 0 Å². The Bertz CT molecular complexity index is 2310. The molecule has 0 saturated carbocycles. The topological polar surface area (TPSA) is 49.2 Å². The van der Waals surface area contributed by atoms with Crippen molar-refractivity contribution < 1.29 is 26.2 Å². The second kappa shape index (κ2) is 12.2. The Hall–Kier alpha value is -5.05. The number of rotatable bonds is 4. The smallest absolute Gasteiger partial charge is 0.140 e. The molecule has 1 aliphatic rings. The Labute approximate surface area is 296 Å². The fraction of sp³-hybridized carbons (Fsp3) is 0.116. The van der Waals surface area contributed by atoms with Crippen LogP contribution in [0.3, 0.4) is 0 Å². The second-order valence-corrected chi connectivity index (χ2v) is 12.9. The molecule has 4 nitrogen and oxygen atoms in total. The van der Waals surface area contributed by atoms with Crippen LogP contribution in [0.5, 0.6) is 5.75 Å². The molecule has 48 heavy (non-hydrogen) atoms. The molecule has 0 amide bonds. The molecule has 0 spiro atoms. The minimum Gasteiger partial charge on any atom is -0.506 e. The summed E-state index contributed by atoms with van der Waals surface area (Å²) in [5.74, 6) is 1.01. The van der Waals surface area contributed by atoms with Crippen LogP contribution < -0.4 is 4.90 Å². The maximum Gasteiger partial charge on any atom is 0.140 e. The number of para-hydroxylation sites is 1. The minimum absolute atomic E-state index is 0. The summed E-state index contributed by atoms with van der Waals surface area (Å²) in [6.07, 6.45) is 1.87. The number of phenols is 1. The van der Waals surface area contributed by atoms with E-state index in [1.165, 1.54) is 22.3 Å². The van der Waals surface area contributed by atoms with E-state index in [1.807, 2.05) is 43.5 Å². The van der Waals surface area contributed by atoms with E-state index in [1.54, 1.807) is 6.07 Å². The largest absolute Gasteiger partial charge is 0.506 e. The normalized spacial score (nSPS) is 13.0. The third-order valence-corrected chi connectivity index (χ3v) is 9.48. The predicted octanol–water partition coefficient (Wildman–Crippen LogP) is 10.9. The van der Waals surface area contributed by atoms with Gasteiger partial charge in [0.2, 0.25) is 0 Å². The molecule has 1 aliphatic heterocycles. The Kier molecular flexibility index (Phi) is 8.01. The summed E-state index contributed by atoms with van der Waals surface area (Å²) in [4.78, 5) is 12.1. The number of benzene rings is 5. The van der Waals surface area contributed by atoms with Crippen molar-refractivity contribution in [3.63, 3.8) is 0 Å². The van der Waals surface area contributed by atoms with Gasteiger partial charge < -0.3 is 10.0 Å². The van der Waals surface area contributed by atoms with E-state index >= 15 is 0 Å². The summed E-state index contributed by atoms with van der Waals surface area (Å²) in [5, 5.41) is 11.8. The standard InChI is InChI=1S/C43H34N3O.Pt/c1-27-22-23-44-40(24-27)46-37-13-9-8-12-35(37)43(3,4)41-34(31-17-15-30(16-18-31)29-10-6-5-7-11-29)25-32(26-38(41)46)36-20-19-33-28(2)14-21-39(47)42(33)45-36;/h5-25,47H,1-4H3;/q-1;. The SMILES string of the molecule is Cc1ccnc(N2c3[c-]c(-c4ccc5c(C)ccc(O)c5n4)cc(-c4ccc(-c5ccccc5)cc4)c3C(C)(C)c3ccccc32)c1.[Pt]. The molecule has 2 aromatic heterocycles. The average Bonchev–Trinajstić information content (AvgIpc) is 3.10. The number of nitrogens with zero attached hydrogens (tertiary/aromatic N) is 3. The Balaban J connectivity index is 0.00000364. The van der Waals surface area contributed by atoms with Gasteiger partial charge in [-0.1, -0.05) is 116 Å². The average molecular weight is 804 g/mol. The summed E-state index contributed by atoms with van der Waals surface area (Å²) < 4.78 is 0. The number of anilines is 3. The third kappa shape index (κ3) is 5.21. The molecule has 7 aromatic rings. The number of pyridine rings is 2. The number of hydrogen-bond donors (Lipinski definition) is 1. The van der Waals surface area contributed by atoms with Gasteiger partial charge in [-0.2, -0.15) is 0 Å². The molecule has 0 aliphatic carbocycles. The molecule has 0 atom stereocenters. The number of hydrogen-bond acceptors (Lipinski definition) is 4. The molecule has 8 rings (SSSR count). The first-order valence-corrected chi connectivity index (χ1v) is 16.0. The molecule has 5 heteroatoms. The van der Waals surface area contributed by atoms with Gasteiger partial charge in [-0.05, 0) is 88.3 Å². The number of aryl methyl sites for hydroxylation is 2. The maximum absolute atomic E-state index is 10.8. The van der Waals surface area contributed by atoms with Gasteiger partial charge in [0.25, 0.3) is 0 Å². The van der Waals surface area contributed by atoms with Crippen LogP contribution >= 0.6 is 0 Å². The Morgan fingerprint density at radius 2 is 1.44 bits per heavy atom. The first-order chi connectivity index (χ1) is 22.8. The molecule has 0 saturated heterocycles. The van der Waals surface area contributed by atoms with Crippen LogP contribution in [0, 0.1) is 19.9 Å². The Morgan fingerprint density at radius 3 is 2.21 bits per heavy atom. The van der Waals surface area contributed by atoms with Gasteiger partial charge >= 0.3 is 0 Å². The molecule has 0 unspecified atom stereocenters. The van der Waals surface area contributed by atoms with E-state index in [2.05, 4.69) is 117 Å². The zero-order valence-corrected chi connectivity index (χ0v) is 29.5. The maximum atomic E-state index is 10.8. The second-order valence-electron chi connectivity index (χ2n) is 12.9. The van der Waals surface area contributed by atoms with Gasteiger partial charge in [-0.15, -0.1) is 17.7 Å². The summed E-state index contributed by atoms with van der Waals surface area (Å²) in [6.45, 7) is 8.74. The van der Waals surface area contributed by atoms with Crippen LogP contribution in [-0.2, 0) is 26.5 Å². The molecular formula is C43H34N3OPt-. The van der Waals surface area contributed by atoms with E-state index in [-0.39, 0.29) is 32.2 Å². The van der Waals surface area contributed by atoms with E-state index in [0.717, 1.165) is 56.1 Å².